The van der Waals surface area contributed by atoms with Gasteiger partial charge in [0, 0.05) is 29.1 Å². The largest absolute Gasteiger partial charge is 0.497 e. The minimum absolute atomic E-state index is 0.0145. The average Bonchev–Trinajstić information content (AvgIpc) is 2.75. The summed E-state index contributed by atoms with van der Waals surface area (Å²) in [5, 5.41) is 5.33. The molecule has 2 N–H and O–H groups in total. The molecule has 30 heavy (non-hydrogen) atoms. The number of halogens is 1. The van der Waals surface area contributed by atoms with Crippen LogP contribution in [0.15, 0.2) is 48.5 Å². The SMILES string of the molecule is COc1ccc(C(=O)NC(=O)COC(=O)CCCNC(=O)c2ccc(Cl)cc2)cc1. The Morgan fingerprint density at radius 3 is 2.13 bits per heavy atom. The molecule has 3 amide bonds. The highest BCUT2D eigenvalue weighted by molar-refractivity contribution is 6.30. The molecule has 0 saturated heterocycles. The smallest absolute Gasteiger partial charge is 0.306 e. The van der Waals surface area contributed by atoms with E-state index in [1.54, 1.807) is 36.4 Å². The summed E-state index contributed by atoms with van der Waals surface area (Å²) in [5.74, 6) is -1.65. The van der Waals surface area contributed by atoms with E-state index in [0.717, 1.165) is 0 Å². The van der Waals surface area contributed by atoms with Crippen molar-refractivity contribution in [2.24, 2.45) is 0 Å². The molecule has 8 nitrogen and oxygen atoms in total. The predicted octanol–water partition coefficient (Wildman–Crippen LogP) is 2.36. The summed E-state index contributed by atoms with van der Waals surface area (Å²) in [5.41, 5.74) is 0.729. The maximum absolute atomic E-state index is 11.9. The number of hydrogen-bond donors (Lipinski definition) is 2. The highest BCUT2D eigenvalue weighted by Gasteiger charge is 2.13. The molecule has 0 aromatic heterocycles. The van der Waals surface area contributed by atoms with E-state index >= 15 is 0 Å². The minimum Gasteiger partial charge on any atom is -0.497 e. The quantitative estimate of drug-likeness (QED) is 0.465. The highest BCUT2D eigenvalue weighted by Crippen LogP contribution is 2.11. The summed E-state index contributed by atoms with van der Waals surface area (Å²) in [6.07, 6.45) is 0.352. The Bertz CT molecular complexity index is 897. The lowest BCUT2D eigenvalue weighted by molar-refractivity contribution is -0.148. The second kappa shape index (κ2) is 11.6. The Kier molecular flexibility index (Phi) is 8.83. The number of amides is 3. The van der Waals surface area contributed by atoms with Crippen LogP contribution < -0.4 is 15.4 Å². The number of benzene rings is 2. The topological polar surface area (TPSA) is 111 Å². The molecule has 0 spiro atoms. The summed E-state index contributed by atoms with van der Waals surface area (Å²) in [7, 11) is 1.50. The molecule has 0 fully saturated rings. The fourth-order valence-electron chi connectivity index (χ4n) is 2.33. The molecule has 0 atom stereocenters. The standard InChI is InChI=1S/C21H21ClN2O6/c1-29-17-10-6-15(7-11-17)21(28)24-18(25)13-30-19(26)3-2-12-23-20(27)14-4-8-16(22)9-5-14/h4-11H,2-3,12-13H2,1H3,(H,23,27)(H,24,25,28). The number of esters is 1. The average molecular weight is 433 g/mol. The first-order chi connectivity index (χ1) is 14.4. The number of carbonyl (C=O) groups is 4. The van der Waals surface area contributed by atoms with Gasteiger partial charge in [0.05, 0.1) is 7.11 Å². The molecule has 0 aliphatic carbocycles. The summed E-state index contributed by atoms with van der Waals surface area (Å²) in [4.78, 5) is 47.3. The molecule has 0 aliphatic rings. The molecule has 9 heteroatoms. The van der Waals surface area contributed by atoms with E-state index in [1.165, 1.54) is 19.2 Å². The van der Waals surface area contributed by atoms with Crippen LogP contribution in [-0.4, -0.2) is 44.0 Å². The lowest BCUT2D eigenvalue weighted by Crippen LogP contribution is -2.34. The summed E-state index contributed by atoms with van der Waals surface area (Å²) < 4.78 is 9.82. The van der Waals surface area contributed by atoms with E-state index in [4.69, 9.17) is 21.1 Å². The zero-order chi connectivity index (χ0) is 21.9. The van der Waals surface area contributed by atoms with Crippen molar-refractivity contribution in [3.05, 3.63) is 64.7 Å². The number of methoxy groups -OCH3 is 1. The van der Waals surface area contributed by atoms with Gasteiger partial charge in [-0.25, -0.2) is 0 Å². The molecule has 158 valence electrons. The zero-order valence-corrected chi connectivity index (χ0v) is 17.0. The Morgan fingerprint density at radius 2 is 1.50 bits per heavy atom. The van der Waals surface area contributed by atoms with Crippen LogP contribution in [0.3, 0.4) is 0 Å². The molecular weight excluding hydrogens is 412 g/mol. The van der Waals surface area contributed by atoms with Crippen LogP contribution in [0.5, 0.6) is 5.75 Å². The van der Waals surface area contributed by atoms with Crippen LogP contribution in [0.4, 0.5) is 0 Å². The van der Waals surface area contributed by atoms with Crippen LogP contribution in [0.2, 0.25) is 5.02 Å². The van der Waals surface area contributed by atoms with Crippen LogP contribution in [0.25, 0.3) is 0 Å². The van der Waals surface area contributed by atoms with Crippen molar-refractivity contribution in [1.29, 1.82) is 0 Å². The second-order valence-electron chi connectivity index (χ2n) is 6.13. The van der Waals surface area contributed by atoms with Crippen molar-refractivity contribution in [2.45, 2.75) is 12.8 Å². The van der Waals surface area contributed by atoms with Gasteiger partial charge in [-0.05, 0) is 55.0 Å². The number of rotatable bonds is 9. The third-order valence-electron chi connectivity index (χ3n) is 3.92. The highest BCUT2D eigenvalue weighted by atomic mass is 35.5. The predicted molar refractivity (Wildman–Crippen MR) is 109 cm³/mol. The second-order valence-corrected chi connectivity index (χ2v) is 6.57. The minimum atomic E-state index is -0.736. The van der Waals surface area contributed by atoms with Gasteiger partial charge in [-0.3, -0.25) is 24.5 Å². The molecule has 0 aliphatic heterocycles. The fourth-order valence-corrected chi connectivity index (χ4v) is 2.46. The first-order valence-corrected chi connectivity index (χ1v) is 9.44. The van der Waals surface area contributed by atoms with Gasteiger partial charge >= 0.3 is 5.97 Å². The van der Waals surface area contributed by atoms with E-state index in [0.29, 0.717) is 22.8 Å². The molecule has 0 bridgehead atoms. The number of carbonyl (C=O) groups excluding carboxylic acids is 4. The van der Waals surface area contributed by atoms with Gasteiger partial charge in [0.2, 0.25) is 0 Å². The van der Waals surface area contributed by atoms with E-state index in [9.17, 15) is 19.2 Å². The molecule has 0 saturated carbocycles. The number of nitrogens with one attached hydrogen (secondary N) is 2. The molecule has 2 rings (SSSR count). The van der Waals surface area contributed by atoms with Crippen molar-refractivity contribution in [3.8, 4) is 5.75 Å². The zero-order valence-electron chi connectivity index (χ0n) is 16.3. The monoisotopic (exact) mass is 432 g/mol. The Morgan fingerprint density at radius 1 is 0.900 bits per heavy atom. The van der Waals surface area contributed by atoms with Gasteiger partial charge in [-0.1, -0.05) is 11.6 Å². The van der Waals surface area contributed by atoms with Crippen molar-refractivity contribution < 1.29 is 28.7 Å². The maximum Gasteiger partial charge on any atom is 0.306 e. The number of ether oxygens (including phenoxy) is 2. The van der Waals surface area contributed by atoms with Crippen molar-refractivity contribution in [1.82, 2.24) is 10.6 Å². The molecule has 0 heterocycles. The summed E-state index contributed by atoms with van der Waals surface area (Å²) in [6, 6.07) is 12.6. The molecular formula is C21H21ClN2O6. The van der Waals surface area contributed by atoms with Gasteiger partial charge in [-0.15, -0.1) is 0 Å². The van der Waals surface area contributed by atoms with Crippen LogP contribution in [0, 0.1) is 0 Å². The van der Waals surface area contributed by atoms with Crippen molar-refractivity contribution in [3.63, 3.8) is 0 Å². The maximum atomic E-state index is 11.9. The van der Waals surface area contributed by atoms with Gasteiger partial charge in [0.15, 0.2) is 6.61 Å². The van der Waals surface area contributed by atoms with Gasteiger partial charge in [-0.2, -0.15) is 0 Å². The van der Waals surface area contributed by atoms with E-state index in [2.05, 4.69) is 10.6 Å². The molecule has 0 unspecified atom stereocenters. The Hall–Kier alpha value is -3.39. The van der Waals surface area contributed by atoms with Crippen LogP contribution >= 0.6 is 11.6 Å². The van der Waals surface area contributed by atoms with E-state index in [1.807, 2.05) is 0 Å². The molecule has 2 aromatic carbocycles. The third kappa shape index (κ3) is 7.56. The summed E-state index contributed by atoms with van der Waals surface area (Å²) >= 11 is 5.77. The number of imide groups is 1. The lowest BCUT2D eigenvalue weighted by Gasteiger charge is -2.07. The van der Waals surface area contributed by atoms with E-state index in [-0.39, 0.29) is 24.4 Å². The first kappa shape index (κ1) is 22.9. The van der Waals surface area contributed by atoms with Gasteiger partial charge in [0.25, 0.3) is 17.7 Å². The molecule has 0 radical (unpaired) electrons. The molecule has 2 aromatic rings. The van der Waals surface area contributed by atoms with Gasteiger partial charge < -0.3 is 14.8 Å². The third-order valence-corrected chi connectivity index (χ3v) is 4.17. The normalized spacial score (nSPS) is 10.1. The first-order valence-electron chi connectivity index (χ1n) is 9.06. The lowest BCUT2D eigenvalue weighted by atomic mass is 10.2. The van der Waals surface area contributed by atoms with Crippen molar-refractivity contribution >= 4 is 35.3 Å². The number of hydrogen-bond acceptors (Lipinski definition) is 6. The summed E-state index contributed by atoms with van der Waals surface area (Å²) in [6.45, 7) is -0.309. The Balaban J connectivity index is 1.62. The van der Waals surface area contributed by atoms with Crippen molar-refractivity contribution in [2.75, 3.05) is 20.3 Å². The van der Waals surface area contributed by atoms with Crippen LogP contribution in [0.1, 0.15) is 33.6 Å². The van der Waals surface area contributed by atoms with E-state index < -0.39 is 24.4 Å². The van der Waals surface area contributed by atoms with Crippen LogP contribution in [-0.2, 0) is 14.3 Å². The Labute approximate surface area is 178 Å². The van der Waals surface area contributed by atoms with Gasteiger partial charge in [0.1, 0.15) is 5.75 Å². The fraction of sp³-hybridized carbons (Fsp3) is 0.238.